The number of aliphatic hydroxyl groups excluding tert-OH is 2. The van der Waals surface area contributed by atoms with Crippen molar-refractivity contribution in [3.8, 4) is 0 Å². The molecule has 2 unspecified atom stereocenters. The maximum absolute atomic E-state index is 14.0. The number of nitrogens with one attached hydrogen (secondary N) is 1. The van der Waals surface area contributed by atoms with Crippen molar-refractivity contribution < 1.29 is 34.1 Å². The number of hydrogen-bond donors (Lipinski definition) is 4. The summed E-state index contributed by atoms with van der Waals surface area (Å²) in [6.07, 6.45) is 5.56. The molecule has 2 aliphatic heterocycles. The fourth-order valence-electron chi connectivity index (χ4n) is 5.45. The predicted molar refractivity (Wildman–Crippen MR) is 140 cm³/mol. The number of dihydropyridines is 1. The van der Waals surface area contributed by atoms with Crippen LogP contribution in [0.3, 0.4) is 0 Å². The van der Waals surface area contributed by atoms with E-state index in [0.717, 1.165) is 11.1 Å². The molecule has 38 heavy (non-hydrogen) atoms. The minimum absolute atomic E-state index is 0.124. The number of hydrogen-bond acceptors (Lipinski definition) is 9. The second-order valence-corrected chi connectivity index (χ2v) is 10.5. The molecule has 4 rings (SSSR count). The van der Waals surface area contributed by atoms with Crippen molar-refractivity contribution in [1.82, 2.24) is 5.32 Å². The SMILES string of the molecule is CC(CCC1=CCNC(N)=C1)=C(CO)CC12OC1(C(=O)OCCO)C(=O)c1c(CC(C)C)cccc1C2=O. The van der Waals surface area contributed by atoms with Crippen LogP contribution in [0.5, 0.6) is 0 Å². The molecule has 2 atom stereocenters. The van der Waals surface area contributed by atoms with E-state index in [9.17, 15) is 24.6 Å². The summed E-state index contributed by atoms with van der Waals surface area (Å²) in [7, 11) is 0. The highest BCUT2D eigenvalue weighted by Gasteiger charge is 2.85. The zero-order chi connectivity index (χ0) is 27.7. The Balaban J connectivity index is 1.72. The van der Waals surface area contributed by atoms with Crippen molar-refractivity contribution in [2.24, 2.45) is 11.7 Å². The molecule has 0 spiro atoms. The highest BCUT2D eigenvalue weighted by Crippen LogP contribution is 2.60. The number of rotatable bonds is 11. The average molecular weight is 525 g/mol. The third kappa shape index (κ3) is 4.70. The molecule has 9 heteroatoms. The van der Waals surface area contributed by atoms with Crippen molar-refractivity contribution in [3.05, 3.63) is 69.6 Å². The first kappa shape index (κ1) is 27.8. The van der Waals surface area contributed by atoms with E-state index in [4.69, 9.17) is 15.2 Å². The summed E-state index contributed by atoms with van der Waals surface area (Å²) in [5, 5.41) is 22.5. The lowest BCUT2D eigenvalue weighted by Gasteiger charge is -2.27. The molecule has 204 valence electrons. The van der Waals surface area contributed by atoms with Gasteiger partial charge in [-0.25, -0.2) is 4.79 Å². The van der Waals surface area contributed by atoms with Crippen LogP contribution in [0.4, 0.5) is 0 Å². The van der Waals surface area contributed by atoms with Crippen LogP contribution < -0.4 is 11.1 Å². The van der Waals surface area contributed by atoms with Crippen LogP contribution in [0.2, 0.25) is 0 Å². The fraction of sp³-hybridized carbons (Fsp3) is 0.483. The minimum Gasteiger partial charge on any atom is -0.461 e. The number of benzene rings is 1. The molecule has 0 amide bonds. The van der Waals surface area contributed by atoms with Gasteiger partial charge in [-0.05, 0) is 54.9 Å². The lowest BCUT2D eigenvalue weighted by molar-refractivity contribution is -0.149. The number of carbonyl (C=O) groups is 3. The standard InChI is InChI=1S/C29H36N2O7/c1-17(2)13-20-5-4-6-22-24(20)26(35)29(27(36)37-12-11-32)28(38-29,25(22)34)15-21(16-33)18(3)7-8-19-9-10-31-23(30)14-19/h4-6,9,14,17,31-33H,7-8,10-13,15-16,30H2,1-3H3. The van der Waals surface area contributed by atoms with Gasteiger partial charge in [-0.1, -0.05) is 43.7 Å². The summed E-state index contributed by atoms with van der Waals surface area (Å²) in [6, 6.07) is 5.10. The van der Waals surface area contributed by atoms with Crippen molar-refractivity contribution in [1.29, 1.82) is 0 Å². The molecule has 0 radical (unpaired) electrons. The van der Waals surface area contributed by atoms with Gasteiger partial charge in [-0.2, -0.15) is 0 Å². The van der Waals surface area contributed by atoms with Crippen molar-refractivity contribution in [2.75, 3.05) is 26.4 Å². The average Bonchev–Trinajstić information content (AvgIpc) is 3.59. The minimum atomic E-state index is -2.14. The van der Waals surface area contributed by atoms with Crippen LogP contribution in [-0.2, 0) is 20.7 Å². The van der Waals surface area contributed by atoms with Gasteiger partial charge in [0.15, 0.2) is 11.4 Å². The number of Topliss-reactive ketones (excluding diaryl/α,β-unsaturated/α-hetero) is 2. The highest BCUT2D eigenvalue weighted by atomic mass is 16.7. The van der Waals surface area contributed by atoms with Crippen LogP contribution in [0.15, 0.2) is 52.9 Å². The summed E-state index contributed by atoms with van der Waals surface area (Å²) in [5.41, 5.74) is 5.39. The lowest BCUT2D eigenvalue weighted by Crippen LogP contribution is -2.51. The Morgan fingerprint density at radius 2 is 2.00 bits per heavy atom. The number of nitrogens with two attached hydrogens (primary N) is 1. The van der Waals surface area contributed by atoms with Gasteiger partial charge >= 0.3 is 5.97 Å². The van der Waals surface area contributed by atoms with Crippen LogP contribution >= 0.6 is 0 Å². The predicted octanol–water partition coefficient (Wildman–Crippen LogP) is 2.12. The van der Waals surface area contributed by atoms with E-state index in [0.29, 0.717) is 42.8 Å². The van der Waals surface area contributed by atoms with E-state index in [2.05, 4.69) is 5.32 Å². The van der Waals surface area contributed by atoms with E-state index in [1.165, 1.54) is 0 Å². The Labute approximate surface area is 222 Å². The maximum atomic E-state index is 14.0. The molecule has 3 aliphatic rings. The van der Waals surface area contributed by atoms with Gasteiger partial charge in [-0.3, -0.25) is 9.59 Å². The van der Waals surface area contributed by atoms with E-state index in [1.54, 1.807) is 18.2 Å². The Morgan fingerprint density at radius 1 is 1.24 bits per heavy atom. The van der Waals surface area contributed by atoms with Crippen LogP contribution in [-0.4, -0.2) is 65.3 Å². The topological polar surface area (TPSA) is 151 Å². The van der Waals surface area contributed by atoms with Crippen LogP contribution in [0, 0.1) is 5.92 Å². The number of esters is 1. The smallest absolute Gasteiger partial charge is 0.350 e. The molecular formula is C29H36N2O7. The summed E-state index contributed by atoms with van der Waals surface area (Å²) < 4.78 is 11.1. The van der Waals surface area contributed by atoms with Crippen molar-refractivity contribution >= 4 is 17.5 Å². The van der Waals surface area contributed by atoms with E-state index >= 15 is 0 Å². The first-order valence-corrected chi connectivity index (χ1v) is 13.0. The van der Waals surface area contributed by atoms with Gasteiger partial charge in [-0.15, -0.1) is 0 Å². The molecule has 5 N–H and O–H groups in total. The number of ketones is 2. The van der Waals surface area contributed by atoms with Gasteiger partial charge in [0, 0.05) is 24.1 Å². The number of fused-ring (bicyclic) bond motifs is 2. The molecule has 2 heterocycles. The number of ether oxygens (including phenoxy) is 2. The first-order chi connectivity index (χ1) is 18.1. The second-order valence-electron chi connectivity index (χ2n) is 10.5. The maximum Gasteiger partial charge on any atom is 0.350 e. The van der Waals surface area contributed by atoms with E-state index < -0.39 is 35.3 Å². The zero-order valence-electron chi connectivity index (χ0n) is 22.1. The summed E-state index contributed by atoms with van der Waals surface area (Å²) in [5.74, 6) is -1.29. The molecule has 1 fully saturated rings. The van der Waals surface area contributed by atoms with Crippen molar-refractivity contribution in [3.63, 3.8) is 0 Å². The van der Waals surface area contributed by atoms with Gasteiger partial charge in [0.2, 0.25) is 5.78 Å². The largest absolute Gasteiger partial charge is 0.461 e. The zero-order valence-corrected chi connectivity index (χ0v) is 22.1. The van der Waals surface area contributed by atoms with Crippen molar-refractivity contribution in [2.45, 2.75) is 57.7 Å². The molecule has 9 nitrogen and oxygen atoms in total. The summed E-state index contributed by atoms with van der Waals surface area (Å²) >= 11 is 0. The Kier molecular flexibility index (Phi) is 7.92. The third-order valence-electron chi connectivity index (χ3n) is 7.46. The Hall–Kier alpha value is -3.27. The Bertz CT molecular complexity index is 1250. The summed E-state index contributed by atoms with van der Waals surface area (Å²) in [6.45, 7) is 5.37. The second kappa shape index (κ2) is 10.8. The van der Waals surface area contributed by atoms with E-state index in [-0.39, 0.29) is 36.7 Å². The first-order valence-electron chi connectivity index (χ1n) is 13.0. The normalized spacial score (nSPS) is 24.6. The fourth-order valence-corrected chi connectivity index (χ4v) is 5.45. The Morgan fingerprint density at radius 3 is 2.66 bits per heavy atom. The number of carbonyl (C=O) groups excluding carboxylic acids is 3. The molecule has 0 saturated carbocycles. The van der Waals surface area contributed by atoms with Gasteiger partial charge in [0.1, 0.15) is 6.61 Å². The van der Waals surface area contributed by atoms with Gasteiger partial charge in [0.25, 0.3) is 5.60 Å². The third-order valence-corrected chi connectivity index (χ3v) is 7.46. The quantitative estimate of drug-likeness (QED) is 0.148. The molecule has 1 aliphatic carbocycles. The van der Waals surface area contributed by atoms with Gasteiger partial charge < -0.3 is 30.7 Å². The van der Waals surface area contributed by atoms with Gasteiger partial charge in [0.05, 0.1) is 19.0 Å². The molecule has 1 aromatic carbocycles. The highest BCUT2D eigenvalue weighted by molar-refractivity contribution is 6.33. The number of allylic oxidation sites excluding steroid dienone is 3. The number of epoxide rings is 1. The van der Waals surface area contributed by atoms with E-state index in [1.807, 2.05) is 32.9 Å². The molecular weight excluding hydrogens is 488 g/mol. The molecule has 1 saturated heterocycles. The monoisotopic (exact) mass is 524 g/mol. The molecule has 0 aromatic heterocycles. The summed E-state index contributed by atoms with van der Waals surface area (Å²) in [4.78, 5) is 41.3. The lowest BCUT2D eigenvalue weighted by atomic mass is 9.69. The molecule has 1 aromatic rings. The van der Waals surface area contributed by atoms with Crippen LogP contribution in [0.1, 0.15) is 66.3 Å². The van der Waals surface area contributed by atoms with Crippen LogP contribution in [0.25, 0.3) is 0 Å². The molecule has 0 bridgehead atoms. The number of aliphatic hydroxyl groups is 2.